The molecule has 0 bridgehead atoms. The largest absolute Gasteiger partial charge is 0.326 e. The summed E-state index contributed by atoms with van der Waals surface area (Å²) in [5.74, 6) is -0.324. The normalized spacial score (nSPS) is 15.7. The third-order valence-corrected chi connectivity index (χ3v) is 3.60. The molecule has 1 rings (SSSR count). The standard InChI is InChI=1S/C16H24FN3/c1-4-15(19)16(13-7-6-8-14(17)9-13)20(5-2)11-12(3)10-18/h6-9,12,15-16H,4-5,11,19H2,1-3H3. The van der Waals surface area contributed by atoms with Crippen molar-refractivity contribution in [1.82, 2.24) is 4.90 Å². The summed E-state index contributed by atoms with van der Waals surface area (Å²) in [5, 5.41) is 9.00. The zero-order valence-corrected chi connectivity index (χ0v) is 12.5. The van der Waals surface area contributed by atoms with Gasteiger partial charge in [-0.05, 0) is 37.6 Å². The van der Waals surface area contributed by atoms with Gasteiger partial charge in [0.15, 0.2) is 0 Å². The Labute approximate surface area is 121 Å². The molecule has 20 heavy (non-hydrogen) atoms. The summed E-state index contributed by atoms with van der Waals surface area (Å²) in [7, 11) is 0. The lowest BCUT2D eigenvalue weighted by atomic mass is 9.95. The molecule has 3 unspecified atom stereocenters. The van der Waals surface area contributed by atoms with Crippen molar-refractivity contribution < 1.29 is 4.39 Å². The van der Waals surface area contributed by atoms with Gasteiger partial charge in [-0.15, -0.1) is 0 Å². The fraction of sp³-hybridized carbons (Fsp3) is 0.562. The van der Waals surface area contributed by atoms with Crippen LogP contribution in [0.5, 0.6) is 0 Å². The number of nitrogens with zero attached hydrogens (tertiary/aromatic N) is 2. The SMILES string of the molecule is CCC(N)C(c1cccc(F)c1)N(CC)CC(C)C#N. The monoisotopic (exact) mass is 277 g/mol. The third-order valence-electron chi connectivity index (χ3n) is 3.60. The number of hydrogen-bond donors (Lipinski definition) is 1. The second kappa shape index (κ2) is 7.98. The van der Waals surface area contributed by atoms with Crippen molar-refractivity contribution >= 4 is 0 Å². The first-order valence-corrected chi connectivity index (χ1v) is 7.18. The number of hydrogen-bond acceptors (Lipinski definition) is 3. The van der Waals surface area contributed by atoms with Gasteiger partial charge < -0.3 is 5.73 Å². The number of likely N-dealkylation sites (N-methyl/N-ethyl adjacent to an activating group) is 1. The van der Waals surface area contributed by atoms with Crippen LogP contribution in [0.2, 0.25) is 0 Å². The summed E-state index contributed by atoms with van der Waals surface area (Å²) < 4.78 is 13.5. The summed E-state index contributed by atoms with van der Waals surface area (Å²) in [5.41, 5.74) is 7.13. The summed E-state index contributed by atoms with van der Waals surface area (Å²) in [6, 6.07) is 8.70. The smallest absolute Gasteiger partial charge is 0.123 e. The van der Waals surface area contributed by atoms with Gasteiger partial charge in [0.05, 0.1) is 18.0 Å². The van der Waals surface area contributed by atoms with Gasteiger partial charge in [0.25, 0.3) is 0 Å². The summed E-state index contributed by atoms with van der Waals surface area (Å²) in [6.07, 6.45) is 0.804. The predicted octanol–water partition coefficient (Wildman–Crippen LogP) is 3.09. The first-order chi connectivity index (χ1) is 9.53. The Morgan fingerprint density at radius 3 is 2.60 bits per heavy atom. The van der Waals surface area contributed by atoms with Gasteiger partial charge in [-0.25, -0.2) is 4.39 Å². The second-order valence-corrected chi connectivity index (χ2v) is 5.19. The molecule has 0 heterocycles. The van der Waals surface area contributed by atoms with E-state index < -0.39 is 0 Å². The molecule has 1 aromatic rings. The highest BCUT2D eigenvalue weighted by molar-refractivity contribution is 5.22. The van der Waals surface area contributed by atoms with Crippen LogP contribution in [0.1, 0.15) is 38.8 Å². The van der Waals surface area contributed by atoms with E-state index in [0.29, 0.717) is 6.54 Å². The highest BCUT2D eigenvalue weighted by atomic mass is 19.1. The number of rotatable bonds is 7. The van der Waals surface area contributed by atoms with Crippen LogP contribution in [0, 0.1) is 23.1 Å². The molecule has 0 spiro atoms. The quantitative estimate of drug-likeness (QED) is 0.833. The van der Waals surface area contributed by atoms with E-state index in [1.165, 1.54) is 6.07 Å². The Balaban J connectivity index is 3.07. The lowest BCUT2D eigenvalue weighted by Gasteiger charge is -2.35. The van der Waals surface area contributed by atoms with E-state index in [0.717, 1.165) is 18.5 Å². The molecule has 0 saturated heterocycles. The average molecular weight is 277 g/mol. The van der Waals surface area contributed by atoms with Gasteiger partial charge in [0.2, 0.25) is 0 Å². The molecule has 3 nitrogen and oxygen atoms in total. The van der Waals surface area contributed by atoms with E-state index in [4.69, 9.17) is 11.0 Å². The zero-order valence-electron chi connectivity index (χ0n) is 12.5. The molecule has 110 valence electrons. The van der Waals surface area contributed by atoms with Gasteiger partial charge in [-0.1, -0.05) is 26.0 Å². The topological polar surface area (TPSA) is 53.0 Å². The van der Waals surface area contributed by atoms with Gasteiger partial charge in [0, 0.05) is 12.6 Å². The minimum Gasteiger partial charge on any atom is -0.326 e. The Kier molecular flexibility index (Phi) is 6.63. The molecule has 4 heteroatoms. The Bertz CT molecular complexity index is 455. The zero-order chi connectivity index (χ0) is 15.1. The fourth-order valence-electron chi connectivity index (χ4n) is 2.47. The molecule has 2 N–H and O–H groups in total. The Hall–Kier alpha value is -1.44. The summed E-state index contributed by atoms with van der Waals surface area (Å²) in [4.78, 5) is 2.16. The van der Waals surface area contributed by atoms with E-state index >= 15 is 0 Å². The highest BCUT2D eigenvalue weighted by Crippen LogP contribution is 2.26. The van der Waals surface area contributed by atoms with Crippen molar-refractivity contribution in [2.75, 3.05) is 13.1 Å². The van der Waals surface area contributed by atoms with Crippen molar-refractivity contribution in [2.24, 2.45) is 11.7 Å². The van der Waals surface area contributed by atoms with Gasteiger partial charge >= 0.3 is 0 Å². The van der Waals surface area contributed by atoms with Crippen LogP contribution in [0.25, 0.3) is 0 Å². The molecule has 3 atom stereocenters. The van der Waals surface area contributed by atoms with Crippen molar-refractivity contribution in [2.45, 2.75) is 39.3 Å². The van der Waals surface area contributed by atoms with Crippen molar-refractivity contribution in [1.29, 1.82) is 5.26 Å². The van der Waals surface area contributed by atoms with E-state index in [1.54, 1.807) is 12.1 Å². The van der Waals surface area contributed by atoms with Crippen molar-refractivity contribution in [3.8, 4) is 6.07 Å². The lowest BCUT2D eigenvalue weighted by molar-refractivity contribution is 0.165. The highest BCUT2D eigenvalue weighted by Gasteiger charge is 2.26. The number of benzene rings is 1. The van der Waals surface area contributed by atoms with Gasteiger partial charge in [-0.3, -0.25) is 4.90 Å². The maximum absolute atomic E-state index is 13.5. The molecule has 0 aromatic heterocycles. The fourth-order valence-corrected chi connectivity index (χ4v) is 2.47. The third kappa shape index (κ3) is 4.29. The summed E-state index contributed by atoms with van der Waals surface area (Å²) >= 11 is 0. The minimum absolute atomic E-state index is 0.0588. The van der Waals surface area contributed by atoms with Crippen LogP contribution in [0.3, 0.4) is 0 Å². The van der Waals surface area contributed by atoms with Crippen LogP contribution in [-0.2, 0) is 0 Å². The maximum atomic E-state index is 13.5. The Morgan fingerprint density at radius 2 is 2.10 bits per heavy atom. The molecule has 1 aromatic carbocycles. The average Bonchev–Trinajstić information content (AvgIpc) is 2.45. The Morgan fingerprint density at radius 1 is 1.40 bits per heavy atom. The van der Waals surface area contributed by atoms with Crippen LogP contribution in [0.4, 0.5) is 4.39 Å². The van der Waals surface area contributed by atoms with Crippen molar-refractivity contribution in [3.63, 3.8) is 0 Å². The van der Waals surface area contributed by atoms with Crippen LogP contribution in [-0.4, -0.2) is 24.0 Å². The van der Waals surface area contributed by atoms with E-state index in [2.05, 4.69) is 11.0 Å². The molecule has 0 fully saturated rings. The first-order valence-electron chi connectivity index (χ1n) is 7.18. The number of halogens is 1. The van der Waals surface area contributed by atoms with Crippen LogP contribution >= 0.6 is 0 Å². The molecule has 0 radical (unpaired) electrons. The van der Waals surface area contributed by atoms with Crippen molar-refractivity contribution in [3.05, 3.63) is 35.6 Å². The second-order valence-electron chi connectivity index (χ2n) is 5.19. The first kappa shape index (κ1) is 16.6. The van der Waals surface area contributed by atoms with E-state index in [1.807, 2.05) is 26.8 Å². The van der Waals surface area contributed by atoms with Gasteiger partial charge in [0.1, 0.15) is 5.82 Å². The minimum atomic E-state index is -0.250. The van der Waals surface area contributed by atoms with Crippen LogP contribution in [0.15, 0.2) is 24.3 Å². The molecule has 0 amide bonds. The predicted molar refractivity (Wildman–Crippen MR) is 79.4 cm³/mol. The molecular weight excluding hydrogens is 253 g/mol. The van der Waals surface area contributed by atoms with E-state index in [9.17, 15) is 4.39 Å². The molecule has 0 aliphatic heterocycles. The van der Waals surface area contributed by atoms with Crippen LogP contribution < -0.4 is 5.73 Å². The molecule has 0 aliphatic carbocycles. The maximum Gasteiger partial charge on any atom is 0.123 e. The summed E-state index contributed by atoms with van der Waals surface area (Å²) in [6.45, 7) is 7.38. The van der Waals surface area contributed by atoms with Gasteiger partial charge in [-0.2, -0.15) is 5.26 Å². The lowest BCUT2D eigenvalue weighted by Crippen LogP contribution is -2.42. The van der Waals surface area contributed by atoms with E-state index in [-0.39, 0.29) is 23.8 Å². The molecule has 0 saturated carbocycles. The number of nitrogens with two attached hydrogens (primary N) is 1. The molecular formula is C16H24FN3. The molecule has 0 aliphatic rings. The number of nitriles is 1.